The van der Waals surface area contributed by atoms with Gasteiger partial charge in [-0.25, -0.2) is 9.07 Å². The van der Waals surface area contributed by atoms with Crippen LogP contribution in [-0.2, 0) is 16.1 Å². The average molecular weight is 329 g/mol. The average Bonchev–Trinajstić information content (AvgIpc) is 2.38. The smallest absolute Gasteiger partial charge is 0.327 e. The number of nitrogens with zero attached hydrogens (tertiary/aromatic N) is 2. The first-order chi connectivity index (χ1) is 8.95. The lowest BCUT2D eigenvalue weighted by Crippen LogP contribution is -2.28. The van der Waals surface area contributed by atoms with Gasteiger partial charge < -0.3 is 4.74 Å². The number of aromatic nitrogens is 2. The molecule has 0 saturated heterocycles. The summed E-state index contributed by atoms with van der Waals surface area (Å²) in [4.78, 5) is 23.3. The molecule has 0 fully saturated rings. The molecule has 0 aliphatic carbocycles. The van der Waals surface area contributed by atoms with E-state index in [0.29, 0.717) is 5.69 Å². The standard InChI is InChI=1S/C12H10BrFN2O3/c1-6-10-7(3-4-8(13)11(10)14)12(18)16(15-6)5-9(17)19-2/h3-4H,5H2,1-2H3. The highest BCUT2D eigenvalue weighted by Crippen LogP contribution is 2.24. The van der Waals surface area contributed by atoms with E-state index in [1.165, 1.54) is 19.2 Å². The van der Waals surface area contributed by atoms with Gasteiger partial charge in [-0.15, -0.1) is 0 Å². The van der Waals surface area contributed by atoms with Crippen LogP contribution < -0.4 is 5.56 Å². The Morgan fingerprint density at radius 1 is 1.53 bits per heavy atom. The second-order valence-electron chi connectivity index (χ2n) is 3.91. The number of methoxy groups -OCH3 is 1. The molecule has 1 heterocycles. The topological polar surface area (TPSA) is 61.2 Å². The zero-order valence-electron chi connectivity index (χ0n) is 10.2. The maximum atomic E-state index is 14.0. The maximum Gasteiger partial charge on any atom is 0.327 e. The maximum absolute atomic E-state index is 14.0. The molecule has 0 unspecified atom stereocenters. The highest BCUT2D eigenvalue weighted by molar-refractivity contribution is 9.10. The van der Waals surface area contributed by atoms with E-state index >= 15 is 0 Å². The van der Waals surface area contributed by atoms with Gasteiger partial charge in [0, 0.05) is 5.39 Å². The van der Waals surface area contributed by atoms with Gasteiger partial charge in [0.15, 0.2) is 0 Å². The zero-order valence-corrected chi connectivity index (χ0v) is 11.8. The predicted molar refractivity (Wildman–Crippen MR) is 70.4 cm³/mol. The quantitative estimate of drug-likeness (QED) is 0.788. The Bertz CT molecular complexity index is 727. The highest BCUT2D eigenvalue weighted by atomic mass is 79.9. The first-order valence-electron chi connectivity index (χ1n) is 5.38. The fourth-order valence-electron chi connectivity index (χ4n) is 1.79. The Kier molecular flexibility index (Phi) is 3.66. The number of hydrogen-bond donors (Lipinski definition) is 0. The summed E-state index contributed by atoms with van der Waals surface area (Å²) in [5.74, 6) is -1.13. The van der Waals surface area contributed by atoms with E-state index in [1.807, 2.05) is 0 Å². The van der Waals surface area contributed by atoms with Crippen LogP contribution in [0.4, 0.5) is 4.39 Å². The summed E-state index contributed by atoms with van der Waals surface area (Å²) in [6.07, 6.45) is 0. The fourth-order valence-corrected chi connectivity index (χ4v) is 2.12. The van der Waals surface area contributed by atoms with Crippen LogP contribution in [0, 0.1) is 12.7 Å². The van der Waals surface area contributed by atoms with E-state index in [9.17, 15) is 14.0 Å². The van der Waals surface area contributed by atoms with Crippen LogP contribution in [0.1, 0.15) is 5.69 Å². The molecule has 2 aromatic rings. The zero-order chi connectivity index (χ0) is 14.2. The Balaban J connectivity index is 2.74. The number of rotatable bonds is 2. The monoisotopic (exact) mass is 328 g/mol. The Morgan fingerprint density at radius 3 is 2.84 bits per heavy atom. The van der Waals surface area contributed by atoms with Crippen molar-refractivity contribution in [1.29, 1.82) is 0 Å². The highest BCUT2D eigenvalue weighted by Gasteiger charge is 2.15. The fraction of sp³-hybridized carbons (Fsp3) is 0.250. The van der Waals surface area contributed by atoms with Crippen molar-refractivity contribution in [2.75, 3.05) is 7.11 Å². The van der Waals surface area contributed by atoms with Crippen molar-refractivity contribution in [3.05, 3.63) is 38.5 Å². The van der Waals surface area contributed by atoms with Crippen LogP contribution in [0.5, 0.6) is 0 Å². The van der Waals surface area contributed by atoms with Crippen LogP contribution >= 0.6 is 15.9 Å². The van der Waals surface area contributed by atoms with Crippen molar-refractivity contribution < 1.29 is 13.9 Å². The van der Waals surface area contributed by atoms with Crippen molar-refractivity contribution in [2.24, 2.45) is 0 Å². The van der Waals surface area contributed by atoms with Gasteiger partial charge in [0.2, 0.25) is 0 Å². The Hall–Kier alpha value is -1.76. The second-order valence-corrected chi connectivity index (χ2v) is 4.76. The summed E-state index contributed by atoms with van der Waals surface area (Å²) in [5.41, 5.74) is -0.199. The molecule has 0 atom stereocenters. The summed E-state index contributed by atoms with van der Waals surface area (Å²) in [7, 11) is 1.22. The normalized spacial score (nSPS) is 10.7. The number of carbonyl (C=O) groups is 1. The molecule has 0 amide bonds. The van der Waals surface area contributed by atoms with Gasteiger partial charge in [-0.1, -0.05) is 0 Å². The minimum Gasteiger partial charge on any atom is -0.468 e. The third-order valence-corrected chi connectivity index (χ3v) is 3.31. The van der Waals surface area contributed by atoms with Crippen molar-refractivity contribution in [1.82, 2.24) is 9.78 Å². The molecule has 0 radical (unpaired) electrons. The van der Waals surface area contributed by atoms with Gasteiger partial charge in [-0.3, -0.25) is 9.59 Å². The van der Waals surface area contributed by atoms with E-state index in [4.69, 9.17) is 0 Å². The number of hydrogen-bond acceptors (Lipinski definition) is 4. The minimum absolute atomic E-state index is 0.153. The lowest BCUT2D eigenvalue weighted by atomic mass is 10.1. The number of aryl methyl sites for hydroxylation is 1. The van der Waals surface area contributed by atoms with Gasteiger partial charge >= 0.3 is 5.97 Å². The number of halogens is 2. The summed E-state index contributed by atoms with van der Waals surface area (Å²) < 4.78 is 19.7. The lowest BCUT2D eigenvalue weighted by Gasteiger charge is -2.09. The number of esters is 1. The molecule has 1 aromatic carbocycles. The van der Waals surface area contributed by atoms with Gasteiger partial charge in [-0.05, 0) is 35.0 Å². The molecule has 1 aromatic heterocycles. The van der Waals surface area contributed by atoms with Crippen LogP contribution in [0.2, 0.25) is 0 Å². The molecule has 0 aliphatic rings. The third-order valence-electron chi connectivity index (χ3n) is 2.70. The molecule has 7 heteroatoms. The van der Waals surface area contributed by atoms with Crippen molar-refractivity contribution >= 4 is 32.7 Å². The number of ether oxygens (including phenoxy) is 1. The van der Waals surface area contributed by atoms with Crippen LogP contribution in [0.15, 0.2) is 21.4 Å². The van der Waals surface area contributed by atoms with Gasteiger partial charge in [-0.2, -0.15) is 5.10 Å². The summed E-state index contributed by atoms with van der Waals surface area (Å²) >= 11 is 3.06. The van der Waals surface area contributed by atoms with Gasteiger partial charge in [0.1, 0.15) is 12.4 Å². The SMILES string of the molecule is COC(=O)Cn1nc(C)c2c(F)c(Br)ccc2c1=O. The molecule has 100 valence electrons. The summed E-state index contributed by atoms with van der Waals surface area (Å²) in [6.45, 7) is 1.27. The Morgan fingerprint density at radius 2 is 2.21 bits per heavy atom. The number of carbonyl (C=O) groups excluding carboxylic acids is 1. The molecule has 0 bridgehead atoms. The van der Waals surface area contributed by atoms with E-state index in [0.717, 1.165) is 4.68 Å². The Labute approximate surface area is 116 Å². The lowest BCUT2D eigenvalue weighted by molar-refractivity contribution is -0.141. The van der Waals surface area contributed by atoms with Crippen LogP contribution in [0.25, 0.3) is 10.8 Å². The van der Waals surface area contributed by atoms with Crippen molar-refractivity contribution in [2.45, 2.75) is 13.5 Å². The van der Waals surface area contributed by atoms with Crippen LogP contribution in [0.3, 0.4) is 0 Å². The number of fused-ring (bicyclic) bond motifs is 1. The molecule has 0 saturated carbocycles. The predicted octanol–water partition coefficient (Wildman–Crippen LogP) is 1.78. The summed E-state index contributed by atoms with van der Waals surface area (Å²) in [6, 6.07) is 2.94. The van der Waals surface area contributed by atoms with Crippen molar-refractivity contribution in [3.8, 4) is 0 Å². The molecular formula is C12H10BrFN2O3. The van der Waals surface area contributed by atoms with E-state index < -0.39 is 17.3 Å². The summed E-state index contributed by atoms with van der Waals surface area (Å²) in [5, 5.41) is 4.26. The molecule has 0 N–H and O–H groups in total. The molecule has 19 heavy (non-hydrogen) atoms. The second kappa shape index (κ2) is 5.08. The molecular weight excluding hydrogens is 319 g/mol. The first kappa shape index (κ1) is 13.7. The van der Waals surface area contributed by atoms with Gasteiger partial charge in [0.05, 0.1) is 22.7 Å². The van der Waals surface area contributed by atoms with Crippen molar-refractivity contribution in [3.63, 3.8) is 0 Å². The van der Waals surface area contributed by atoms with E-state index in [-0.39, 0.29) is 21.8 Å². The molecule has 2 rings (SSSR count). The number of benzene rings is 1. The minimum atomic E-state index is -0.592. The van der Waals surface area contributed by atoms with Crippen LogP contribution in [-0.4, -0.2) is 22.9 Å². The molecule has 5 nitrogen and oxygen atoms in total. The molecule has 0 aliphatic heterocycles. The largest absolute Gasteiger partial charge is 0.468 e. The first-order valence-corrected chi connectivity index (χ1v) is 6.17. The molecule has 0 spiro atoms. The third kappa shape index (κ3) is 2.37. The van der Waals surface area contributed by atoms with E-state index in [1.54, 1.807) is 6.92 Å². The van der Waals surface area contributed by atoms with E-state index in [2.05, 4.69) is 25.8 Å². The van der Waals surface area contributed by atoms with Gasteiger partial charge in [0.25, 0.3) is 5.56 Å².